The number of fused-ring (bicyclic) bond motifs is 1. The fourth-order valence-corrected chi connectivity index (χ4v) is 4.83. The standard InChI is InChI=1S/C22H26ClFN6O3/c23-12-6-16-17(9-26-19(16)25-8-12)20-27-10-18(24)21(30-20)28-13-2-1-3-14(7-13)29-22(31)33-15-4-5-32-11-15/h6,8,10,13-15,17H,1-5,7,9,11H2,(H,25,26)(H,29,31)(H,27,28,30)/t13?,14-,15+,17?/m1/s1. The predicted molar refractivity (Wildman–Crippen MR) is 120 cm³/mol. The van der Waals surface area contributed by atoms with Gasteiger partial charge in [-0.2, -0.15) is 0 Å². The Bertz CT molecular complexity index is 1020. The molecule has 3 N–H and O–H groups in total. The van der Waals surface area contributed by atoms with E-state index in [1.54, 1.807) is 6.20 Å². The lowest BCUT2D eigenvalue weighted by atomic mass is 9.91. The maximum absolute atomic E-state index is 14.6. The fourth-order valence-electron chi connectivity index (χ4n) is 4.66. The quantitative estimate of drug-likeness (QED) is 0.601. The molecule has 2 unspecified atom stereocenters. The van der Waals surface area contributed by atoms with E-state index in [4.69, 9.17) is 21.1 Å². The van der Waals surface area contributed by atoms with Gasteiger partial charge in [-0.15, -0.1) is 0 Å². The molecule has 4 heterocycles. The summed E-state index contributed by atoms with van der Waals surface area (Å²) < 4.78 is 25.2. The van der Waals surface area contributed by atoms with E-state index in [1.807, 2.05) is 6.07 Å². The van der Waals surface area contributed by atoms with Crippen LogP contribution in [-0.2, 0) is 9.47 Å². The van der Waals surface area contributed by atoms with Crippen LogP contribution in [0.5, 0.6) is 0 Å². The van der Waals surface area contributed by atoms with Gasteiger partial charge < -0.3 is 25.4 Å². The number of alkyl carbamates (subject to hydrolysis) is 1. The molecule has 0 bridgehead atoms. The van der Waals surface area contributed by atoms with Crippen LogP contribution in [0.25, 0.3) is 0 Å². The molecule has 2 fully saturated rings. The Balaban J connectivity index is 1.23. The van der Waals surface area contributed by atoms with Crippen molar-refractivity contribution in [1.82, 2.24) is 20.3 Å². The maximum atomic E-state index is 14.6. The van der Waals surface area contributed by atoms with Crippen molar-refractivity contribution in [2.75, 3.05) is 30.4 Å². The summed E-state index contributed by atoms with van der Waals surface area (Å²) in [5.74, 6) is 0.734. The number of amides is 1. The molecule has 5 rings (SSSR count). The lowest BCUT2D eigenvalue weighted by Crippen LogP contribution is -2.43. The third-order valence-electron chi connectivity index (χ3n) is 6.31. The first kappa shape index (κ1) is 22.1. The van der Waals surface area contributed by atoms with E-state index in [0.717, 1.165) is 37.1 Å². The van der Waals surface area contributed by atoms with E-state index in [2.05, 4.69) is 30.9 Å². The second kappa shape index (κ2) is 9.64. The topological polar surface area (TPSA) is 110 Å². The zero-order valence-electron chi connectivity index (χ0n) is 18.0. The zero-order valence-corrected chi connectivity index (χ0v) is 18.8. The molecule has 0 spiro atoms. The van der Waals surface area contributed by atoms with Crippen LogP contribution in [0.2, 0.25) is 5.02 Å². The highest BCUT2D eigenvalue weighted by atomic mass is 35.5. The van der Waals surface area contributed by atoms with Gasteiger partial charge in [-0.05, 0) is 31.7 Å². The fraction of sp³-hybridized carbons (Fsp3) is 0.545. The molecule has 1 amide bonds. The molecule has 2 aliphatic heterocycles. The number of carbonyl (C=O) groups excluding carboxylic acids is 1. The summed E-state index contributed by atoms with van der Waals surface area (Å²) in [5.41, 5.74) is 0.896. The molecule has 0 aromatic carbocycles. The Morgan fingerprint density at radius 3 is 2.97 bits per heavy atom. The average molecular weight is 477 g/mol. The molecule has 1 saturated heterocycles. The number of nitrogens with one attached hydrogen (secondary N) is 3. The first-order valence-corrected chi connectivity index (χ1v) is 11.7. The molecular formula is C22H26ClFN6O3. The van der Waals surface area contributed by atoms with E-state index >= 15 is 0 Å². The van der Waals surface area contributed by atoms with Crippen molar-refractivity contribution in [2.45, 2.75) is 56.2 Å². The highest BCUT2D eigenvalue weighted by Crippen LogP contribution is 2.35. The zero-order chi connectivity index (χ0) is 22.8. The summed E-state index contributed by atoms with van der Waals surface area (Å²) in [7, 11) is 0. The second-order valence-electron chi connectivity index (χ2n) is 8.69. The largest absolute Gasteiger partial charge is 0.444 e. The summed E-state index contributed by atoms with van der Waals surface area (Å²) in [6, 6.07) is 1.76. The van der Waals surface area contributed by atoms with Gasteiger partial charge in [0.05, 0.1) is 30.4 Å². The van der Waals surface area contributed by atoms with Gasteiger partial charge in [-0.1, -0.05) is 11.6 Å². The normalized spacial score (nSPS) is 26.4. The van der Waals surface area contributed by atoms with Gasteiger partial charge in [0.15, 0.2) is 11.6 Å². The minimum Gasteiger partial charge on any atom is -0.444 e. The molecule has 2 aromatic heterocycles. The number of ether oxygens (including phenoxy) is 2. The van der Waals surface area contributed by atoms with Crippen LogP contribution in [0.3, 0.4) is 0 Å². The number of nitrogens with zero attached hydrogens (tertiary/aromatic N) is 3. The van der Waals surface area contributed by atoms with Crippen LogP contribution in [0, 0.1) is 5.82 Å². The summed E-state index contributed by atoms with van der Waals surface area (Å²) in [6.07, 6.45) is 6.16. The number of aromatic nitrogens is 3. The number of pyridine rings is 1. The summed E-state index contributed by atoms with van der Waals surface area (Å²) in [4.78, 5) is 25.2. The summed E-state index contributed by atoms with van der Waals surface area (Å²) in [6.45, 7) is 1.63. The minimum atomic E-state index is -0.509. The number of halogens is 2. The predicted octanol–water partition coefficient (Wildman–Crippen LogP) is 3.46. The minimum absolute atomic E-state index is 0.0267. The lowest BCUT2D eigenvalue weighted by molar-refractivity contribution is 0.0794. The van der Waals surface area contributed by atoms with E-state index in [1.165, 1.54) is 6.20 Å². The number of hydrogen-bond acceptors (Lipinski definition) is 8. The molecule has 33 heavy (non-hydrogen) atoms. The Morgan fingerprint density at radius 2 is 2.12 bits per heavy atom. The van der Waals surface area contributed by atoms with Gasteiger partial charge in [0.25, 0.3) is 0 Å². The number of rotatable bonds is 5. The lowest BCUT2D eigenvalue weighted by Gasteiger charge is -2.30. The molecule has 11 heteroatoms. The highest BCUT2D eigenvalue weighted by Gasteiger charge is 2.30. The average Bonchev–Trinajstić information content (AvgIpc) is 3.45. The van der Waals surface area contributed by atoms with Crippen molar-refractivity contribution in [1.29, 1.82) is 0 Å². The number of anilines is 2. The smallest absolute Gasteiger partial charge is 0.407 e. The van der Waals surface area contributed by atoms with Crippen molar-refractivity contribution in [3.8, 4) is 0 Å². The first-order valence-electron chi connectivity index (χ1n) is 11.3. The third kappa shape index (κ3) is 5.11. The molecular weight excluding hydrogens is 451 g/mol. The van der Waals surface area contributed by atoms with Gasteiger partial charge in [-0.3, -0.25) is 0 Å². The monoisotopic (exact) mass is 476 g/mol. The molecule has 4 atom stereocenters. The first-order chi connectivity index (χ1) is 16.0. The third-order valence-corrected chi connectivity index (χ3v) is 6.51. The molecule has 1 saturated carbocycles. The molecule has 0 radical (unpaired) electrons. The number of carbonyl (C=O) groups is 1. The van der Waals surface area contributed by atoms with Crippen molar-refractivity contribution >= 4 is 29.3 Å². The van der Waals surface area contributed by atoms with Gasteiger partial charge >= 0.3 is 6.09 Å². The Labute approximate surface area is 195 Å². The van der Waals surface area contributed by atoms with Crippen LogP contribution >= 0.6 is 11.6 Å². The van der Waals surface area contributed by atoms with Crippen molar-refractivity contribution in [3.63, 3.8) is 0 Å². The van der Waals surface area contributed by atoms with E-state index < -0.39 is 11.9 Å². The molecule has 3 aliphatic rings. The Kier molecular flexibility index (Phi) is 6.45. The summed E-state index contributed by atoms with van der Waals surface area (Å²) >= 11 is 6.11. The van der Waals surface area contributed by atoms with Crippen LogP contribution in [0.15, 0.2) is 18.5 Å². The van der Waals surface area contributed by atoms with E-state index in [9.17, 15) is 9.18 Å². The summed E-state index contributed by atoms with van der Waals surface area (Å²) in [5, 5.41) is 9.91. The van der Waals surface area contributed by atoms with Crippen LogP contribution in [0.1, 0.15) is 49.4 Å². The SMILES string of the molecule is O=C(N[C@@H]1CCCC(Nc2nc(C3CNc4ncc(Cl)cc43)ncc2F)C1)O[C@H]1CCOC1. The van der Waals surface area contributed by atoms with Crippen molar-refractivity contribution in [2.24, 2.45) is 0 Å². The Hall–Kier alpha value is -2.72. The van der Waals surface area contributed by atoms with Crippen LogP contribution in [0.4, 0.5) is 20.8 Å². The van der Waals surface area contributed by atoms with Gasteiger partial charge in [-0.25, -0.2) is 24.1 Å². The molecule has 176 valence electrons. The van der Waals surface area contributed by atoms with Crippen molar-refractivity contribution in [3.05, 3.63) is 40.7 Å². The highest BCUT2D eigenvalue weighted by molar-refractivity contribution is 6.30. The van der Waals surface area contributed by atoms with Crippen molar-refractivity contribution < 1.29 is 18.7 Å². The molecule has 9 nitrogen and oxygen atoms in total. The van der Waals surface area contributed by atoms with Crippen LogP contribution in [-0.4, -0.2) is 59.0 Å². The molecule has 2 aromatic rings. The van der Waals surface area contributed by atoms with E-state index in [0.29, 0.717) is 37.0 Å². The van der Waals surface area contributed by atoms with E-state index in [-0.39, 0.29) is 29.9 Å². The van der Waals surface area contributed by atoms with Gasteiger partial charge in [0.1, 0.15) is 17.7 Å². The number of hydrogen-bond donors (Lipinski definition) is 3. The van der Waals surface area contributed by atoms with Crippen LogP contribution < -0.4 is 16.0 Å². The Morgan fingerprint density at radius 1 is 1.24 bits per heavy atom. The maximum Gasteiger partial charge on any atom is 0.407 e. The molecule has 1 aliphatic carbocycles. The van der Waals surface area contributed by atoms with Gasteiger partial charge in [0.2, 0.25) is 0 Å². The van der Waals surface area contributed by atoms with Gasteiger partial charge in [0, 0.05) is 36.8 Å². The second-order valence-corrected chi connectivity index (χ2v) is 9.13.